The Bertz CT molecular complexity index is 1350. The molecule has 0 amide bonds. The second-order valence-electron chi connectivity index (χ2n) is 8.68. The predicted octanol–water partition coefficient (Wildman–Crippen LogP) is 5.05. The lowest BCUT2D eigenvalue weighted by molar-refractivity contribution is -0.158. The van der Waals surface area contributed by atoms with E-state index < -0.39 is 17.9 Å². The molecule has 3 aromatic carbocycles. The number of ether oxygens (including phenoxy) is 1. The van der Waals surface area contributed by atoms with E-state index in [2.05, 4.69) is 22.1 Å². The number of carbonyl (C=O) groups is 2. The maximum absolute atomic E-state index is 12.9. The molecule has 1 N–H and O–H groups in total. The van der Waals surface area contributed by atoms with Crippen molar-refractivity contribution in [3.05, 3.63) is 107 Å². The van der Waals surface area contributed by atoms with Crippen LogP contribution in [0, 0.1) is 12.8 Å². The lowest BCUT2D eigenvalue weighted by Gasteiger charge is -2.17. The van der Waals surface area contributed by atoms with Gasteiger partial charge < -0.3 is 9.84 Å². The number of nitrogens with zero attached hydrogens (tertiary/aromatic N) is 2. The van der Waals surface area contributed by atoms with Gasteiger partial charge in [-0.1, -0.05) is 72.8 Å². The van der Waals surface area contributed by atoms with Crippen LogP contribution in [0.15, 0.2) is 85.2 Å². The molecule has 0 saturated carbocycles. The second-order valence-corrected chi connectivity index (χ2v) is 8.68. The van der Waals surface area contributed by atoms with E-state index in [-0.39, 0.29) is 18.9 Å². The summed E-state index contributed by atoms with van der Waals surface area (Å²) in [6.07, 6.45) is 3.10. The Morgan fingerprint density at radius 3 is 1.97 bits per heavy atom. The molecule has 1 atom stereocenters. The lowest BCUT2D eigenvalue weighted by atomic mass is 9.97. The largest absolute Gasteiger partial charge is 0.481 e. The maximum Gasteiger partial charge on any atom is 0.320 e. The van der Waals surface area contributed by atoms with Gasteiger partial charge in [-0.3, -0.25) is 9.59 Å². The highest BCUT2D eigenvalue weighted by Gasteiger charge is 2.32. The molecule has 6 nitrogen and oxygen atoms in total. The molecule has 1 aromatic heterocycles. The Morgan fingerprint density at radius 2 is 1.40 bits per heavy atom. The number of hydrogen-bond acceptors (Lipinski definition) is 5. The van der Waals surface area contributed by atoms with Gasteiger partial charge in [-0.25, -0.2) is 9.97 Å². The van der Waals surface area contributed by atoms with Crippen molar-refractivity contribution in [1.82, 2.24) is 9.97 Å². The van der Waals surface area contributed by atoms with Crippen LogP contribution in [0.2, 0.25) is 0 Å². The Kier molecular flexibility index (Phi) is 6.10. The normalized spacial score (nSPS) is 13.1. The summed E-state index contributed by atoms with van der Waals surface area (Å²) in [5, 5.41) is 9.74. The number of carboxylic acid groups (broad SMARTS) is 1. The molecule has 35 heavy (non-hydrogen) atoms. The van der Waals surface area contributed by atoms with E-state index in [0.717, 1.165) is 33.4 Å². The number of benzene rings is 3. The van der Waals surface area contributed by atoms with Gasteiger partial charge in [-0.15, -0.1) is 0 Å². The topological polar surface area (TPSA) is 89.4 Å². The Morgan fingerprint density at radius 1 is 0.857 bits per heavy atom. The molecule has 1 aliphatic rings. The fourth-order valence-corrected chi connectivity index (χ4v) is 4.64. The summed E-state index contributed by atoms with van der Waals surface area (Å²) in [6, 6.07) is 23.8. The number of aryl methyl sites for hydroxylation is 1. The average Bonchev–Trinajstić information content (AvgIpc) is 3.20. The van der Waals surface area contributed by atoms with Gasteiger partial charge in [0.15, 0.2) is 11.7 Å². The number of aliphatic carboxylic acids is 1. The molecule has 1 unspecified atom stereocenters. The highest BCUT2D eigenvalue weighted by Crippen LogP contribution is 2.44. The van der Waals surface area contributed by atoms with Crippen LogP contribution in [0.1, 0.15) is 28.2 Å². The average molecular weight is 465 g/mol. The summed E-state index contributed by atoms with van der Waals surface area (Å²) in [5.74, 6) is -2.90. The summed E-state index contributed by atoms with van der Waals surface area (Å²) in [4.78, 5) is 33.6. The van der Waals surface area contributed by atoms with Crippen LogP contribution < -0.4 is 0 Å². The number of rotatable bonds is 7. The summed E-state index contributed by atoms with van der Waals surface area (Å²) >= 11 is 0. The fourth-order valence-electron chi connectivity index (χ4n) is 4.64. The third-order valence-electron chi connectivity index (χ3n) is 6.47. The lowest BCUT2D eigenvalue weighted by Crippen LogP contribution is -2.29. The van der Waals surface area contributed by atoms with Crippen LogP contribution in [-0.2, 0) is 20.7 Å². The first-order chi connectivity index (χ1) is 17.0. The zero-order chi connectivity index (χ0) is 24.4. The van der Waals surface area contributed by atoms with Crippen molar-refractivity contribution in [2.24, 2.45) is 5.92 Å². The van der Waals surface area contributed by atoms with Crippen LogP contribution in [-0.4, -0.2) is 33.6 Å². The van der Waals surface area contributed by atoms with Crippen LogP contribution in [0.5, 0.6) is 0 Å². The van der Waals surface area contributed by atoms with Crippen LogP contribution >= 0.6 is 0 Å². The molecule has 174 valence electrons. The molecule has 0 aliphatic heterocycles. The van der Waals surface area contributed by atoms with Gasteiger partial charge in [0.2, 0.25) is 0 Å². The molecule has 0 bridgehead atoms. The van der Waals surface area contributed by atoms with E-state index in [1.54, 1.807) is 12.4 Å². The van der Waals surface area contributed by atoms with Gasteiger partial charge in [-0.2, -0.15) is 0 Å². The number of aromatic nitrogens is 2. The zero-order valence-corrected chi connectivity index (χ0v) is 19.2. The molecule has 0 radical (unpaired) electrons. The van der Waals surface area contributed by atoms with Crippen LogP contribution in [0.4, 0.5) is 0 Å². The Balaban J connectivity index is 1.30. The van der Waals surface area contributed by atoms with Gasteiger partial charge in [-0.05, 0) is 46.7 Å². The molecule has 6 heteroatoms. The monoisotopic (exact) mass is 464 g/mol. The number of carbonyl (C=O) groups excluding carboxylic acids is 1. The van der Waals surface area contributed by atoms with Crippen molar-refractivity contribution >= 4 is 11.9 Å². The van der Waals surface area contributed by atoms with Gasteiger partial charge in [0.25, 0.3) is 0 Å². The molecular weight excluding hydrogens is 440 g/mol. The molecule has 0 fully saturated rings. The fraction of sp³-hybridized carbons (Fsp3) is 0.172. The number of hydrogen-bond donors (Lipinski definition) is 1. The Hall–Kier alpha value is -4.32. The number of fused-ring (bicyclic) bond motifs is 3. The molecular formula is C29H24N2O4. The summed E-state index contributed by atoms with van der Waals surface area (Å²) in [5.41, 5.74) is 6.90. The Labute approximate surface area is 203 Å². The van der Waals surface area contributed by atoms with Crippen molar-refractivity contribution in [2.75, 3.05) is 6.61 Å². The second kappa shape index (κ2) is 9.50. The van der Waals surface area contributed by atoms with E-state index in [4.69, 9.17) is 4.74 Å². The number of esters is 1. The summed E-state index contributed by atoms with van der Waals surface area (Å²) in [6.45, 7) is 2.06. The third-order valence-corrected chi connectivity index (χ3v) is 6.47. The van der Waals surface area contributed by atoms with Crippen molar-refractivity contribution < 1.29 is 19.4 Å². The maximum atomic E-state index is 12.9. The van der Waals surface area contributed by atoms with Crippen LogP contribution in [0.25, 0.3) is 22.5 Å². The van der Waals surface area contributed by atoms with Gasteiger partial charge >= 0.3 is 11.9 Å². The predicted molar refractivity (Wildman–Crippen MR) is 132 cm³/mol. The minimum Gasteiger partial charge on any atom is -0.481 e. The first-order valence-corrected chi connectivity index (χ1v) is 11.5. The van der Waals surface area contributed by atoms with E-state index in [9.17, 15) is 14.7 Å². The number of carboxylic acids is 1. The summed E-state index contributed by atoms with van der Waals surface area (Å²) < 4.78 is 5.58. The van der Waals surface area contributed by atoms with E-state index in [0.29, 0.717) is 11.4 Å². The minimum atomic E-state index is -1.34. The van der Waals surface area contributed by atoms with Crippen molar-refractivity contribution in [3.63, 3.8) is 0 Å². The van der Waals surface area contributed by atoms with Crippen LogP contribution in [0.3, 0.4) is 0 Å². The SMILES string of the molecule is Cc1ccccc1-c1ncc(CC(C(=O)O)C(=O)OCC2c3ccccc3-c3ccccc32)cn1. The van der Waals surface area contributed by atoms with E-state index in [1.807, 2.05) is 67.6 Å². The first-order valence-electron chi connectivity index (χ1n) is 11.5. The highest BCUT2D eigenvalue weighted by molar-refractivity contribution is 5.94. The summed E-state index contributed by atoms with van der Waals surface area (Å²) in [7, 11) is 0. The third kappa shape index (κ3) is 4.43. The minimum absolute atomic E-state index is 0.0416. The molecule has 1 heterocycles. The van der Waals surface area contributed by atoms with Gasteiger partial charge in [0, 0.05) is 23.9 Å². The smallest absolute Gasteiger partial charge is 0.320 e. The van der Waals surface area contributed by atoms with Crippen molar-refractivity contribution in [3.8, 4) is 22.5 Å². The van der Waals surface area contributed by atoms with E-state index >= 15 is 0 Å². The molecule has 1 aliphatic carbocycles. The molecule has 0 spiro atoms. The first kappa shape index (κ1) is 22.5. The zero-order valence-electron chi connectivity index (χ0n) is 19.2. The van der Waals surface area contributed by atoms with Gasteiger partial charge in [0.1, 0.15) is 6.61 Å². The van der Waals surface area contributed by atoms with Gasteiger partial charge in [0.05, 0.1) is 0 Å². The highest BCUT2D eigenvalue weighted by atomic mass is 16.5. The van der Waals surface area contributed by atoms with E-state index in [1.165, 1.54) is 0 Å². The van der Waals surface area contributed by atoms with Crippen molar-refractivity contribution in [2.45, 2.75) is 19.3 Å². The van der Waals surface area contributed by atoms with Crippen molar-refractivity contribution in [1.29, 1.82) is 0 Å². The quantitative estimate of drug-likeness (QED) is 0.304. The molecule has 4 aromatic rings. The molecule has 5 rings (SSSR count). The molecule has 0 saturated heterocycles. The standard InChI is InChI=1S/C29H24N2O4/c1-18-8-2-3-9-20(18)27-30-15-19(16-31-27)14-25(28(32)33)29(34)35-17-26-23-12-6-4-10-21(23)22-11-5-7-13-24(22)26/h2-13,15-16,25-26H,14,17H2,1H3,(H,32,33).